The molecule has 6 nitrogen and oxygen atoms in total. The second-order valence-electron chi connectivity index (χ2n) is 7.37. The molecule has 1 fully saturated rings. The van der Waals surface area contributed by atoms with Gasteiger partial charge in [-0.3, -0.25) is 0 Å². The van der Waals surface area contributed by atoms with Crippen molar-refractivity contribution in [2.45, 2.75) is 26.8 Å². The Hall–Kier alpha value is -2.12. The number of hydrogen-bond donors (Lipinski definition) is 1. The van der Waals surface area contributed by atoms with Gasteiger partial charge in [-0.15, -0.1) is 11.3 Å². The van der Waals surface area contributed by atoms with Gasteiger partial charge in [-0.05, 0) is 43.0 Å². The number of thiophene rings is 1. The normalized spacial score (nSPS) is 15.6. The topological polar surface area (TPSA) is 47.0 Å². The van der Waals surface area contributed by atoms with E-state index in [1.54, 1.807) is 0 Å². The molecule has 0 aromatic carbocycles. The number of hydrogen-bond acceptors (Lipinski definition) is 5. The van der Waals surface area contributed by atoms with Crippen LogP contribution >= 0.6 is 11.3 Å². The first-order valence-corrected chi connectivity index (χ1v) is 11.5. The molecule has 2 aromatic heterocycles. The van der Waals surface area contributed by atoms with Crippen LogP contribution in [0.3, 0.4) is 0 Å². The molecule has 3 heterocycles. The number of rotatable bonds is 8. The highest BCUT2D eigenvalue weighted by atomic mass is 32.1. The number of aliphatic imine (C=N–C) groups is 1. The highest BCUT2D eigenvalue weighted by Crippen LogP contribution is 2.15. The molecule has 0 amide bonds. The lowest BCUT2D eigenvalue weighted by molar-refractivity contribution is 0.270. The zero-order valence-electron chi connectivity index (χ0n) is 18.0. The van der Waals surface area contributed by atoms with Crippen molar-refractivity contribution >= 4 is 23.1 Å². The van der Waals surface area contributed by atoms with Crippen LogP contribution in [-0.2, 0) is 13.0 Å². The third-order valence-corrected chi connectivity index (χ3v) is 6.27. The molecule has 0 aliphatic carbocycles. The van der Waals surface area contributed by atoms with Gasteiger partial charge in [0.05, 0.1) is 6.54 Å². The standard InChI is InChI=1S/C22H34N6S/c1-4-23-22(26(3)11-10-20-7-6-16-29-20)25-18-19-8-9-21(24-17-19)28-14-12-27(5-2)13-15-28/h6-9,16-17H,4-5,10-15,18H2,1-3H3,(H,23,25). The molecule has 1 N–H and O–H groups in total. The van der Waals surface area contributed by atoms with E-state index in [0.717, 1.165) is 69.6 Å². The lowest BCUT2D eigenvalue weighted by Gasteiger charge is -2.34. The second-order valence-corrected chi connectivity index (χ2v) is 8.40. The first-order chi connectivity index (χ1) is 14.2. The molecule has 0 saturated carbocycles. The van der Waals surface area contributed by atoms with Crippen molar-refractivity contribution in [3.05, 3.63) is 46.3 Å². The van der Waals surface area contributed by atoms with Crippen LogP contribution in [0.2, 0.25) is 0 Å². The zero-order chi connectivity index (χ0) is 20.5. The van der Waals surface area contributed by atoms with E-state index in [0.29, 0.717) is 6.54 Å². The fourth-order valence-corrected chi connectivity index (χ4v) is 4.16. The summed E-state index contributed by atoms with van der Waals surface area (Å²) in [5.41, 5.74) is 1.14. The number of likely N-dealkylation sites (N-methyl/N-ethyl adjacent to an activating group) is 2. The van der Waals surface area contributed by atoms with E-state index in [1.807, 2.05) is 17.5 Å². The highest BCUT2D eigenvalue weighted by Gasteiger charge is 2.16. The Morgan fingerprint density at radius 2 is 2.03 bits per heavy atom. The van der Waals surface area contributed by atoms with Gasteiger partial charge in [0.15, 0.2) is 5.96 Å². The minimum Gasteiger partial charge on any atom is -0.357 e. The van der Waals surface area contributed by atoms with Crippen molar-refractivity contribution in [3.63, 3.8) is 0 Å². The molecular formula is C22H34N6S. The van der Waals surface area contributed by atoms with E-state index in [2.05, 4.69) is 70.6 Å². The summed E-state index contributed by atoms with van der Waals surface area (Å²) in [4.78, 5) is 18.0. The van der Waals surface area contributed by atoms with Crippen LogP contribution < -0.4 is 10.2 Å². The summed E-state index contributed by atoms with van der Waals surface area (Å²) in [7, 11) is 2.10. The van der Waals surface area contributed by atoms with Gasteiger partial charge >= 0.3 is 0 Å². The van der Waals surface area contributed by atoms with Crippen LogP contribution in [0.5, 0.6) is 0 Å². The maximum absolute atomic E-state index is 4.82. The summed E-state index contributed by atoms with van der Waals surface area (Å²) < 4.78 is 0. The maximum atomic E-state index is 4.82. The van der Waals surface area contributed by atoms with Crippen LogP contribution in [0.4, 0.5) is 5.82 Å². The first-order valence-electron chi connectivity index (χ1n) is 10.6. The molecule has 7 heteroatoms. The molecule has 158 valence electrons. The van der Waals surface area contributed by atoms with Gasteiger partial charge in [-0.2, -0.15) is 0 Å². The van der Waals surface area contributed by atoms with Crippen LogP contribution in [0, 0.1) is 0 Å². The average molecular weight is 415 g/mol. The number of guanidine groups is 1. The van der Waals surface area contributed by atoms with Crippen LogP contribution in [0.1, 0.15) is 24.3 Å². The Labute approximate surface area is 179 Å². The van der Waals surface area contributed by atoms with E-state index in [-0.39, 0.29) is 0 Å². The van der Waals surface area contributed by atoms with Crippen LogP contribution in [-0.4, -0.2) is 73.6 Å². The predicted molar refractivity (Wildman–Crippen MR) is 124 cm³/mol. The fraction of sp³-hybridized carbons (Fsp3) is 0.545. The smallest absolute Gasteiger partial charge is 0.193 e. The molecule has 0 bridgehead atoms. The number of anilines is 1. The van der Waals surface area contributed by atoms with Crippen molar-refractivity contribution in [2.24, 2.45) is 4.99 Å². The van der Waals surface area contributed by atoms with Gasteiger partial charge in [-0.25, -0.2) is 9.98 Å². The highest BCUT2D eigenvalue weighted by molar-refractivity contribution is 7.09. The molecular weight excluding hydrogens is 380 g/mol. The molecule has 0 unspecified atom stereocenters. The van der Waals surface area contributed by atoms with Crippen LogP contribution in [0.25, 0.3) is 0 Å². The first kappa shape index (κ1) is 21.6. The minimum absolute atomic E-state index is 0.641. The molecule has 0 spiro atoms. The Balaban J connectivity index is 1.54. The lowest BCUT2D eigenvalue weighted by Crippen LogP contribution is -2.46. The largest absolute Gasteiger partial charge is 0.357 e. The van der Waals surface area contributed by atoms with Gasteiger partial charge in [-0.1, -0.05) is 19.1 Å². The summed E-state index contributed by atoms with van der Waals surface area (Å²) in [5.74, 6) is 2.03. The van der Waals surface area contributed by atoms with Gasteiger partial charge in [0.1, 0.15) is 5.82 Å². The molecule has 1 aliphatic heterocycles. The Bertz CT molecular complexity index is 735. The molecule has 1 saturated heterocycles. The number of nitrogens with zero attached hydrogens (tertiary/aromatic N) is 5. The molecule has 3 rings (SSSR count). The second kappa shape index (κ2) is 11.2. The zero-order valence-corrected chi connectivity index (χ0v) is 18.8. The number of nitrogens with one attached hydrogen (secondary N) is 1. The molecule has 0 radical (unpaired) electrons. The summed E-state index contributed by atoms with van der Waals surface area (Å²) in [6, 6.07) is 8.60. The third-order valence-electron chi connectivity index (χ3n) is 5.33. The summed E-state index contributed by atoms with van der Waals surface area (Å²) >= 11 is 1.81. The minimum atomic E-state index is 0.641. The van der Waals surface area contributed by atoms with Crippen molar-refractivity contribution in [1.29, 1.82) is 0 Å². The number of piperazine rings is 1. The number of pyridine rings is 1. The monoisotopic (exact) mass is 414 g/mol. The summed E-state index contributed by atoms with van der Waals surface area (Å²) in [6.07, 6.45) is 3.01. The van der Waals surface area contributed by atoms with Gasteiger partial charge in [0, 0.05) is 57.4 Å². The molecule has 1 aliphatic rings. The van der Waals surface area contributed by atoms with E-state index in [9.17, 15) is 0 Å². The summed E-state index contributed by atoms with van der Waals surface area (Å²) in [6.45, 7) is 12.3. The van der Waals surface area contributed by atoms with E-state index < -0.39 is 0 Å². The molecule has 29 heavy (non-hydrogen) atoms. The van der Waals surface area contributed by atoms with Crippen molar-refractivity contribution in [3.8, 4) is 0 Å². The van der Waals surface area contributed by atoms with E-state index in [1.165, 1.54) is 4.88 Å². The quantitative estimate of drug-likeness (QED) is 0.532. The SMILES string of the molecule is CCNC(=NCc1ccc(N2CCN(CC)CC2)nc1)N(C)CCc1cccs1. The van der Waals surface area contributed by atoms with E-state index in [4.69, 9.17) is 9.98 Å². The van der Waals surface area contributed by atoms with Crippen molar-refractivity contribution in [1.82, 2.24) is 20.1 Å². The Kier molecular flexibility index (Phi) is 8.31. The van der Waals surface area contributed by atoms with Crippen molar-refractivity contribution < 1.29 is 0 Å². The van der Waals surface area contributed by atoms with E-state index >= 15 is 0 Å². The summed E-state index contributed by atoms with van der Waals surface area (Å²) in [5, 5.41) is 5.54. The Morgan fingerprint density at radius 1 is 1.21 bits per heavy atom. The lowest BCUT2D eigenvalue weighted by atomic mass is 10.2. The van der Waals surface area contributed by atoms with Crippen LogP contribution in [0.15, 0.2) is 40.8 Å². The molecule has 0 atom stereocenters. The van der Waals surface area contributed by atoms with Crippen molar-refractivity contribution in [2.75, 3.05) is 57.8 Å². The maximum Gasteiger partial charge on any atom is 0.193 e. The fourth-order valence-electron chi connectivity index (χ4n) is 3.46. The van der Waals surface area contributed by atoms with Gasteiger partial charge in [0.25, 0.3) is 0 Å². The Morgan fingerprint density at radius 3 is 2.66 bits per heavy atom. The average Bonchev–Trinajstić information content (AvgIpc) is 3.29. The third kappa shape index (κ3) is 6.44. The molecule has 2 aromatic rings. The van der Waals surface area contributed by atoms with Gasteiger partial charge in [0.2, 0.25) is 0 Å². The number of aromatic nitrogens is 1. The predicted octanol–water partition coefficient (Wildman–Crippen LogP) is 2.93. The van der Waals surface area contributed by atoms with Gasteiger partial charge < -0.3 is 20.0 Å².